The molecule has 0 spiro atoms. The van der Waals surface area contributed by atoms with Crippen molar-refractivity contribution in [2.45, 2.75) is 45.7 Å². The molecule has 0 amide bonds. The predicted molar refractivity (Wildman–Crippen MR) is 62.5 cm³/mol. The fourth-order valence-electron chi connectivity index (χ4n) is 2.14. The first-order valence-corrected chi connectivity index (χ1v) is 6.04. The minimum Gasteiger partial charge on any atom is -0.319 e. The number of nitrogens with zero attached hydrogens (tertiary/aromatic N) is 3. The van der Waals surface area contributed by atoms with E-state index in [0.29, 0.717) is 23.9 Å². The van der Waals surface area contributed by atoms with Gasteiger partial charge in [-0.3, -0.25) is 0 Å². The quantitative estimate of drug-likeness (QED) is 0.839. The Bertz CT molecular complexity index is 338. The van der Waals surface area contributed by atoms with Gasteiger partial charge in [0.2, 0.25) is 0 Å². The van der Waals surface area contributed by atoms with Crippen LogP contribution in [0.4, 0.5) is 6.01 Å². The Morgan fingerprint density at radius 1 is 1.44 bits per heavy atom. The molecule has 2 heterocycles. The molecular formula is C11H20N4O. The lowest BCUT2D eigenvalue weighted by Crippen LogP contribution is -2.56. The molecule has 1 aromatic rings. The van der Waals surface area contributed by atoms with Gasteiger partial charge in [-0.05, 0) is 19.8 Å². The summed E-state index contributed by atoms with van der Waals surface area (Å²) in [5, 5.41) is 7.41. The number of hydrogen-bond donors (Lipinski definition) is 1. The van der Waals surface area contributed by atoms with Crippen LogP contribution in [0.25, 0.3) is 0 Å². The molecule has 90 valence electrons. The SMILES string of the molecule is CCC1CN(c2nc(C)no2)C(CC)CN1. The zero-order valence-corrected chi connectivity index (χ0v) is 10.2. The van der Waals surface area contributed by atoms with E-state index >= 15 is 0 Å². The van der Waals surface area contributed by atoms with Crippen molar-refractivity contribution in [1.82, 2.24) is 15.5 Å². The number of piperazine rings is 1. The summed E-state index contributed by atoms with van der Waals surface area (Å²) in [6.45, 7) is 8.19. The van der Waals surface area contributed by atoms with Gasteiger partial charge < -0.3 is 14.7 Å². The molecule has 5 nitrogen and oxygen atoms in total. The van der Waals surface area contributed by atoms with Gasteiger partial charge in [0.25, 0.3) is 0 Å². The molecule has 2 rings (SSSR count). The lowest BCUT2D eigenvalue weighted by atomic mass is 10.1. The van der Waals surface area contributed by atoms with E-state index in [1.807, 2.05) is 6.92 Å². The molecule has 2 atom stereocenters. The highest BCUT2D eigenvalue weighted by molar-refractivity contribution is 5.29. The Labute approximate surface area is 96.2 Å². The summed E-state index contributed by atoms with van der Waals surface area (Å²) >= 11 is 0. The second kappa shape index (κ2) is 4.82. The van der Waals surface area contributed by atoms with E-state index in [1.54, 1.807) is 0 Å². The highest BCUT2D eigenvalue weighted by Crippen LogP contribution is 2.19. The molecule has 16 heavy (non-hydrogen) atoms. The summed E-state index contributed by atoms with van der Waals surface area (Å²) in [5.41, 5.74) is 0. The monoisotopic (exact) mass is 224 g/mol. The molecule has 0 aliphatic carbocycles. The maximum atomic E-state index is 5.27. The Morgan fingerprint density at radius 2 is 2.25 bits per heavy atom. The zero-order valence-electron chi connectivity index (χ0n) is 10.2. The van der Waals surface area contributed by atoms with Gasteiger partial charge in [-0.1, -0.05) is 19.0 Å². The van der Waals surface area contributed by atoms with Crippen molar-refractivity contribution in [2.75, 3.05) is 18.0 Å². The van der Waals surface area contributed by atoms with Crippen molar-refractivity contribution in [1.29, 1.82) is 0 Å². The summed E-state index contributed by atoms with van der Waals surface area (Å²) in [6.07, 6.45) is 2.21. The Kier molecular flexibility index (Phi) is 3.43. The summed E-state index contributed by atoms with van der Waals surface area (Å²) in [6, 6.07) is 1.65. The number of anilines is 1. The predicted octanol–water partition coefficient (Wildman–Crippen LogP) is 1.34. The van der Waals surface area contributed by atoms with Crippen LogP contribution in [-0.4, -0.2) is 35.3 Å². The Balaban J connectivity index is 2.14. The van der Waals surface area contributed by atoms with Crippen molar-refractivity contribution in [3.63, 3.8) is 0 Å². The van der Waals surface area contributed by atoms with Crippen molar-refractivity contribution < 1.29 is 4.52 Å². The molecule has 0 radical (unpaired) electrons. The third-order valence-electron chi connectivity index (χ3n) is 3.23. The number of rotatable bonds is 3. The molecule has 1 N–H and O–H groups in total. The van der Waals surface area contributed by atoms with Crippen LogP contribution in [0.3, 0.4) is 0 Å². The van der Waals surface area contributed by atoms with Gasteiger partial charge in [0.05, 0.1) is 0 Å². The fraction of sp³-hybridized carbons (Fsp3) is 0.818. The average molecular weight is 224 g/mol. The summed E-state index contributed by atoms with van der Waals surface area (Å²) in [5.74, 6) is 0.705. The number of aryl methyl sites for hydroxylation is 1. The standard InChI is InChI=1S/C11H20N4O/c1-4-9-7-15(10(5-2)6-12-9)11-13-8(3)14-16-11/h9-10,12H,4-7H2,1-3H3. The largest absolute Gasteiger partial charge is 0.324 e. The number of nitrogens with one attached hydrogen (secondary N) is 1. The van der Waals surface area contributed by atoms with Crippen LogP contribution in [0.2, 0.25) is 0 Å². The second-order valence-corrected chi connectivity index (χ2v) is 4.35. The Hall–Kier alpha value is -1.10. The molecule has 1 aliphatic rings. The molecule has 0 aromatic carbocycles. The molecule has 2 unspecified atom stereocenters. The molecule has 1 saturated heterocycles. The second-order valence-electron chi connectivity index (χ2n) is 4.35. The van der Waals surface area contributed by atoms with Crippen LogP contribution in [0.1, 0.15) is 32.5 Å². The van der Waals surface area contributed by atoms with Gasteiger partial charge in [-0.15, -0.1) is 0 Å². The van der Waals surface area contributed by atoms with Crippen molar-refractivity contribution in [3.8, 4) is 0 Å². The summed E-state index contributed by atoms with van der Waals surface area (Å²) in [4.78, 5) is 6.56. The van der Waals surface area contributed by atoms with E-state index in [2.05, 4.69) is 34.2 Å². The van der Waals surface area contributed by atoms with E-state index in [4.69, 9.17) is 4.52 Å². The third-order valence-corrected chi connectivity index (χ3v) is 3.23. The lowest BCUT2D eigenvalue weighted by Gasteiger charge is -2.38. The topological polar surface area (TPSA) is 54.2 Å². The van der Waals surface area contributed by atoms with E-state index < -0.39 is 0 Å². The van der Waals surface area contributed by atoms with Crippen molar-refractivity contribution >= 4 is 6.01 Å². The van der Waals surface area contributed by atoms with Crippen LogP contribution in [-0.2, 0) is 0 Å². The molecule has 5 heteroatoms. The first-order chi connectivity index (χ1) is 7.74. The van der Waals surface area contributed by atoms with Gasteiger partial charge in [0.15, 0.2) is 5.82 Å². The Morgan fingerprint density at radius 3 is 2.81 bits per heavy atom. The zero-order chi connectivity index (χ0) is 11.5. The average Bonchev–Trinajstić information content (AvgIpc) is 2.75. The van der Waals surface area contributed by atoms with Gasteiger partial charge in [-0.2, -0.15) is 4.98 Å². The smallest absolute Gasteiger partial charge is 0.319 e. The molecule has 1 aliphatic heterocycles. The first kappa shape index (κ1) is 11.4. The fourth-order valence-corrected chi connectivity index (χ4v) is 2.14. The van der Waals surface area contributed by atoms with Gasteiger partial charge in [0, 0.05) is 25.2 Å². The van der Waals surface area contributed by atoms with Crippen LogP contribution < -0.4 is 10.2 Å². The van der Waals surface area contributed by atoms with Crippen molar-refractivity contribution in [3.05, 3.63) is 5.82 Å². The third kappa shape index (κ3) is 2.19. The summed E-state index contributed by atoms with van der Waals surface area (Å²) < 4.78 is 5.27. The minimum absolute atomic E-state index is 0.461. The lowest BCUT2D eigenvalue weighted by molar-refractivity contribution is 0.335. The molecule has 0 saturated carbocycles. The molecule has 0 bridgehead atoms. The van der Waals surface area contributed by atoms with Gasteiger partial charge in [-0.25, -0.2) is 0 Å². The van der Waals surface area contributed by atoms with E-state index in [-0.39, 0.29) is 0 Å². The maximum Gasteiger partial charge on any atom is 0.324 e. The van der Waals surface area contributed by atoms with E-state index in [9.17, 15) is 0 Å². The number of aromatic nitrogens is 2. The summed E-state index contributed by atoms with van der Waals surface area (Å²) in [7, 11) is 0. The molecule has 1 aromatic heterocycles. The number of hydrogen-bond acceptors (Lipinski definition) is 5. The highest BCUT2D eigenvalue weighted by atomic mass is 16.5. The van der Waals surface area contributed by atoms with Crippen LogP contribution in [0.15, 0.2) is 4.52 Å². The normalized spacial score (nSPS) is 26.1. The maximum absolute atomic E-state index is 5.27. The van der Waals surface area contributed by atoms with Crippen molar-refractivity contribution in [2.24, 2.45) is 0 Å². The highest BCUT2D eigenvalue weighted by Gasteiger charge is 2.29. The minimum atomic E-state index is 0.461. The van der Waals surface area contributed by atoms with Crippen LogP contribution in [0.5, 0.6) is 0 Å². The van der Waals surface area contributed by atoms with E-state index in [0.717, 1.165) is 25.9 Å². The van der Waals surface area contributed by atoms with E-state index in [1.165, 1.54) is 0 Å². The van der Waals surface area contributed by atoms with Gasteiger partial charge >= 0.3 is 6.01 Å². The van der Waals surface area contributed by atoms with Crippen LogP contribution >= 0.6 is 0 Å². The first-order valence-electron chi connectivity index (χ1n) is 6.04. The molecular weight excluding hydrogens is 204 g/mol. The molecule has 1 fully saturated rings. The van der Waals surface area contributed by atoms with Gasteiger partial charge in [0.1, 0.15) is 0 Å². The van der Waals surface area contributed by atoms with Crippen LogP contribution in [0, 0.1) is 6.92 Å².